The molecule has 0 bridgehead atoms. The predicted octanol–water partition coefficient (Wildman–Crippen LogP) is 4.37. The minimum Gasteiger partial charge on any atom is -0.329 e. The highest BCUT2D eigenvalue weighted by Crippen LogP contribution is 2.37. The maximum absolute atomic E-state index is 13.1. The van der Waals surface area contributed by atoms with E-state index in [1.165, 1.54) is 18.4 Å². The molecule has 2 rings (SSSR count). The monoisotopic (exact) mass is 287 g/mol. The molecular weight excluding hydrogens is 258 g/mol. The van der Waals surface area contributed by atoms with Gasteiger partial charge in [-0.25, -0.2) is 0 Å². The van der Waals surface area contributed by atoms with Crippen LogP contribution in [-0.2, 0) is 6.42 Å². The van der Waals surface area contributed by atoms with Crippen molar-refractivity contribution in [2.45, 2.75) is 58.8 Å². The molecule has 2 nitrogen and oxygen atoms in total. The highest BCUT2D eigenvalue weighted by Gasteiger charge is 2.37. The van der Waals surface area contributed by atoms with Crippen LogP contribution in [0, 0.1) is 11.3 Å². The second-order valence-corrected chi connectivity index (χ2v) is 7.03. The summed E-state index contributed by atoms with van der Waals surface area (Å²) in [6.45, 7) is 4.91. The molecule has 1 aliphatic rings. The molecule has 0 saturated heterocycles. The summed E-state index contributed by atoms with van der Waals surface area (Å²) in [5.41, 5.74) is 7.85. The fraction of sp³-hybridized carbons (Fsp3) is 0.632. The third-order valence-corrected chi connectivity index (χ3v) is 4.77. The molecule has 1 saturated carbocycles. The van der Waals surface area contributed by atoms with Crippen molar-refractivity contribution in [3.63, 3.8) is 0 Å². The molecule has 116 valence electrons. The van der Waals surface area contributed by atoms with E-state index in [0.29, 0.717) is 12.5 Å². The van der Waals surface area contributed by atoms with Crippen LogP contribution in [0.1, 0.15) is 68.3 Å². The predicted molar refractivity (Wildman–Crippen MR) is 88.5 cm³/mol. The van der Waals surface area contributed by atoms with Crippen LogP contribution in [0.4, 0.5) is 0 Å². The lowest BCUT2D eigenvalue weighted by Crippen LogP contribution is -2.38. The lowest BCUT2D eigenvalue weighted by atomic mass is 9.74. The number of benzene rings is 1. The van der Waals surface area contributed by atoms with Crippen molar-refractivity contribution >= 4 is 5.78 Å². The molecule has 0 aliphatic heterocycles. The normalized spacial score (nSPS) is 18.5. The molecule has 0 amide bonds. The molecule has 21 heavy (non-hydrogen) atoms. The van der Waals surface area contributed by atoms with E-state index in [4.69, 9.17) is 5.73 Å². The minimum atomic E-state index is -0.313. The van der Waals surface area contributed by atoms with E-state index < -0.39 is 0 Å². The Hall–Kier alpha value is -1.15. The summed E-state index contributed by atoms with van der Waals surface area (Å²) in [5.74, 6) is 0.884. The van der Waals surface area contributed by atoms with Crippen LogP contribution in [0.5, 0.6) is 0 Å². The third kappa shape index (κ3) is 3.94. The van der Waals surface area contributed by atoms with Gasteiger partial charge in [0, 0.05) is 17.5 Å². The van der Waals surface area contributed by atoms with E-state index in [1.807, 2.05) is 12.1 Å². The first-order valence-electron chi connectivity index (χ1n) is 8.41. The summed E-state index contributed by atoms with van der Waals surface area (Å²) in [7, 11) is 0. The molecule has 0 spiro atoms. The summed E-state index contributed by atoms with van der Waals surface area (Å²) < 4.78 is 0. The van der Waals surface area contributed by atoms with Gasteiger partial charge in [0.1, 0.15) is 0 Å². The average Bonchev–Trinajstić information content (AvgIpc) is 2.72. The molecule has 2 heteroatoms. The smallest absolute Gasteiger partial charge is 0.170 e. The van der Waals surface area contributed by atoms with Crippen molar-refractivity contribution in [2.24, 2.45) is 17.1 Å². The quantitative estimate of drug-likeness (QED) is 0.645. The Labute approximate surface area is 129 Å². The van der Waals surface area contributed by atoms with Gasteiger partial charge in [-0.3, -0.25) is 4.79 Å². The van der Waals surface area contributed by atoms with E-state index in [-0.39, 0.29) is 11.2 Å². The zero-order chi connectivity index (χ0) is 15.3. The molecule has 2 N–H and O–H groups in total. The number of carbonyl (C=O) groups excluding carboxylic acids is 1. The van der Waals surface area contributed by atoms with Crippen LogP contribution in [-0.4, -0.2) is 12.3 Å². The Morgan fingerprint density at radius 2 is 1.86 bits per heavy atom. The van der Waals surface area contributed by atoms with Crippen molar-refractivity contribution in [3.8, 4) is 0 Å². The van der Waals surface area contributed by atoms with Gasteiger partial charge >= 0.3 is 0 Å². The van der Waals surface area contributed by atoms with Crippen molar-refractivity contribution in [2.75, 3.05) is 6.54 Å². The summed E-state index contributed by atoms with van der Waals surface area (Å²) in [5, 5.41) is 0. The van der Waals surface area contributed by atoms with Gasteiger partial charge in [0.05, 0.1) is 0 Å². The van der Waals surface area contributed by atoms with Crippen LogP contribution < -0.4 is 5.73 Å². The van der Waals surface area contributed by atoms with Crippen LogP contribution in [0.3, 0.4) is 0 Å². The first-order valence-corrected chi connectivity index (χ1v) is 8.41. The number of nitrogens with two attached hydrogens (primary N) is 1. The molecule has 1 fully saturated rings. The molecule has 0 atom stereocenters. The number of carbonyl (C=O) groups is 1. The molecule has 1 aliphatic carbocycles. The van der Waals surface area contributed by atoms with Crippen molar-refractivity contribution in [1.29, 1.82) is 0 Å². The number of rotatable bonds is 5. The third-order valence-electron chi connectivity index (χ3n) is 4.77. The van der Waals surface area contributed by atoms with E-state index in [0.717, 1.165) is 37.7 Å². The molecule has 1 aromatic rings. The van der Waals surface area contributed by atoms with Gasteiger partial charge in [-0.15, -0.1) is 0 Å². The fourth-order valence-electron chi connectivity index (χ4n) is 3.55. The molecule has 0 aromatic heterocycles. The Morgan fingerprint density at radius 1 is 1.19 bits per heavy atom. The summed E-state index contributed by atoms with van der Waals surface area (Å²) >= 11 is 0. The number of hydrogen-bond donors (Lipinski definition) is 1. The summed E-state index contributed by atoms with van der Waals surface area (Å²) in [4.78, 5) is 13.1. The van der Waals surface area contributed by atoms with Gasteiger partial charge in [0.25, 0.3) is 0 Å². The maximum atomic E-state index is 13.1. The average molecular weight is 287 g/mol. The highest BCUT2D eigenvalue weighted by molar-refractivity contribution is 6.00. The van der Waals surface area contributed by atoms with Crippen LogP contribution >= 0.6 is 0 Å². The van der Waals surface area contributed by atoms with Gasteiger partial charge < -0.3 is 5.73 Å². The number of ketones is 1. The van der Waals surface area contributed by atoms with Crippen LogP contribution in [0.15, 0.2) is 24.3 Å². The minimum absolute atomic E-state index is 0.275. The SMILES string of the molecule is CC(C)Cc1cccc(C(=O)C2(CN)CCCCCC2)c1. The summed E-state index contributed by atoms with van der Waals surface area (Å²) in [6, 6.07) is 8.20. The van der Waals surface area contributed by atoms with Gasteiger partial charge in [0.2, 0.25) is 0 Å². The fourth-order valence-corrected chi connectivity index (χ4v) is 3.55. The standard InChI is InChI=1S/C19H29NO/c1-15(2)12-16-8-7-9-17(13-16)18(21)19(14-20)10-5-3-4-6-11-19/h7-9,13,15H,3-6,10-12,14,20H2,1-2H3. The first kappa shape index (κ1) is 16.2. The molecular formula is C19H29NO. The molecule has 0 radical (unpaired) electrons. The zero-order valence-corrected chi connectivity index (χ0v) is 13.5. The van der Waals surface area contributed by atoms with Gasteiger partial charge in [0.15, 0.2) is 5.78 Å². The largest absolute Gasteiger partial charge is 0.329 e. The maximum Gasteiger partial charge on any atom is 0.170 e. The summed E-state index contributed by atoms with van der Waals surface area (Å²) in [6.07, 6.45) is 7.68. The first-order chi connectivity index (χ1) is 10.1. The van der Waals surface area contributed by atoms with Gasteiger partial charge in [-0.2, -0.15) is 0 Å². The van der Waals surface area contributed by atoms with Crippen molar-refractivity contribution in [3.05, 3.63) is 35.4 Å². The van der Waals surface area contributed by atoms with E-state index in [1.54, 1.807) is 0 Å². The van der Waals surface area contributed by atoms with E-state index >= 15 is 0 Å². The lowest BCUT2D eigenvalue weighted by molar-refractivity contribution is 0.0774. The molecule has 1 aromatic carbocycles. The number of Topliss-reactive ketones (excluding diaryl/α,β-unsaturated/α-hetero) is 1. The van der Waals surface area contributed by atoms with E-state index in [9.17, 15) is 4.79 Å². The topological polar surface area (TPSA) is 43.1 Å². The van der Waals surface area contributed by atoms with Crippen molar-refractivity contribution in [1.82, 2.24) is 0 Å². The Morgan fingerprint density at radius 3 is 2.43 bits per heavy atom. The van der Waals surface area contributed by atoms with Gasteiger partial charge in [-0.1, -0.05) is 57.7 Å². The van der Waals surface area contributed by atoms with Crippen LogP contribution in [0.25, 0.3) is 0 Å². The zero-order valence-electron chi connectivity index (χ0n) is 13.5. The van der Waals surface area contributed by atoms with Crippen LogP contribution in [0.2, 0.25) is 0 Å². The Kier molecular flexibility index (Phi) is 5.58. The second-order valence-electron chi connectivity index (χ2n) is 7.03. The number of hydrogen-bond acceptors (Lipinski definition) is 2. The Bertz CT molecular complexity index is 470. The van der Waals surface area contributed by atoms with Crippen molar-refractivity contribution < 1.29 is 4.79 Å². The highest BCUT2D eigenvalue weighted by atomic mass is 16.1. The van der Waals surface area contributed by atoms with E-state index in [2.05, 4.69) is 26.0 Å². The molecule has 0 unspecified atom stereocenters. The Balaban J connectivity index is 2.24. The second kappa shape index (κ2) is 7.22. The van der Waals surface area contributed by atoms with Gasteiger partial charge in [-0.05, 0) is 36.8 Å². The molecule has 0 heterocycles. The lowest BCUT2D eigenvalue weighted by Gasteiger charge is -2.30.